The number of nitrogens with two attached hydrogens (primary N) is 1. The minimum Gasteiger partial charge on any atom is -0.326 e. The molecule has 0 fully saturated rings. The number of carbonyl (C=O) groups excluding carboxylic acids is 1. The van der Waals surface area contributed by atoms with Crippen molar-refractivity contribution in [3.8, 4) is 0 Å². The van der Waals surface area contributed by atoms with Gasteiger partial charge in [0.15, 0.2) is 0 Å². The number of fused-ring (bicyclic) bond motifs is 1. The molecule has 1 aliphatic rings. The summed E-state index contributed by atoms with van der Waals surface area (Å²) in [5.41, 5.74) is 10.5. The summed E-state index contributed by atoms with van der Waals surface area (Å²) in [5, 5.41) is 2.89. The van der Waals surface area contributed by atoms with E-state index >= 15 is 0 Å². The zero-order valence-electron chi connectivity index (χ0n) is 14.3. The molecule has 5 heteroatoms. The third-order valence-corrected chi connectivity index (χ3v) is 4.50. The second kappa shape index (κ2) is 7.57. The molecule has 4 nitrogen and oxygen atoms in total. The van der Waals surface area contributed by atoms with Crippen molar-refractivity contribution < 1.29 is 9.18 Å². The fourth-order valence-corrected chi connectivity index (χ4v) is 3.08. The lowest BCUT2D eigenvalue weighted by atomic mass is 9.97. The fraction of sp³-hybridized carbons (Fsp3) is 0.300. The molecule has 1 heterocycles. The van der Waals surface area contributed by atoms with E-state index in [1.807, 2.05) is 25.1 Å². The van der Waals surface area contributed by atoms with E-state index < -0.39 is 6.04 Å². The number of benzene rings is 2. The second-order valence-electron chi connectivity index (χ2n) is 6.30. The highest BCUT2D eigenvalue weighted by Gasteiger charge is 2.14. The van der Waals surface area contributed by atoms with Crippen molar-refractivity contribution in [2.45, 2.75) is 32.2 Å². The average Bonchev–Trinajstić information content (AvgIpc) is 2.61. The minimum absolute atomic E-state index is 0.128. The second-order valence-corrected chi connectivity index (χ2v) is 6.30. The quantitative estimate of drug-likeness (QED) is 0.874. The van der Waals surface area contributed by atoms with Gasteiger partial charge in [-0.25, -0.2) is 4.39 Å². The van der Waals surface area contributed by atoms with Crippen molar-refractivity contribution in [1.82, 2.24) is 0 Å². The van der Waals surface area contributed by atoms with Gasteiger partial charge < -0.3 is 11.1 Å². The van der Waals surface area contributed by atoms with Crippen molar-refractivity contribution in [3.05, 3.63) is 65.0 Å². The van der Waals surface area contributed by atoms with Crippen LogP contribution in [0.4, 0.5) is 10.1 Å². The fourth-order valence-electron chi connectivity index (χ4n) is 3.08. The summed E-state index contributed by atoms with van der Waals surface area (Å²) in [4.78, 5) is 16.6. The number of anilines is 1. The van der Waals surface area contributed by atoms with Crippen molar-refractivity contribution in [1.29, 1.82) is 0 Å². The van der Waals surface area contributed by atoms with Gasteiger partial charge in [0.2, 0.25) is 5.91 Å². The molecule has 0 aromatic heterocycles. The zero-order valence-corrected chi connectivity index (χ0v) is 14.3. The Kier molecular flexibility index (Phi) is 5.24. The number of hydrogen-bond acceptors (Lipinski definition) is 3. The van der Waals surface area contributed by atoms with Crippen molar-refractivity contribution in [2.24, 2.45) is 10.7 Å². The molecule has 0 bridgehead atoms. The molecule has 0 spiro atoms. The number of nitrogens with one attached hydrogen (secondary N) is 1. The molecule has 0 saturated heterocycles. The molecule has 0 aliphatic carbocycles. The number of amides is 1. The molecule has 0 saturated carbocycles. The lowest BCUT2D eigenvalue weighted by Gasteiger charge is -2.16. The molecule has 2 aromatic rings. The first-order valence-corrected chi connectivity index (χ1v) is 8.49. The van der Waals surface area contributed by atoms with Gasteiger partial charge in [-0.15, -0.1) is 0 Å². The van der Waals surface area contributed by atoms with E-state index in [9.17, 15) is 9.18 Å². The summed E-state index contributed by atoms with van der Waals surface area (Å²) in [7, 11) is 0. The van der Waals surface area contributed by atoms with Gasteiger partial charge >= 0.3 is 0 Å². The summed E-state index contributed by atoms with van der Waals surface area (Å²) < 4.78 is 13.7. The smallest absolute Gasteiger partial charge is 0.224 e. The molecular formula is C20H22FN3O. The highest BCUT2D eigenvalue weighted by Crippen LogP contribution is 2.22. The third-order valence-electron chi connectivity index (χ3n) is 4.50. The van der Waals surface area contributed by atoms with Gasteiger partial charge in [0.05, 0.1) is 0 Å². The molecule has 2 aromatic carbocycles. The topological polar surface area (TPSA) is 67.5 Å². The van der Waals surface area contributed by atoms with Gasteiger partial charge in [0.25, 0.3) is 0 Å². The molecule has 1 atom stereocenters. The maximum Gasteiger partial charge on any atom is 0.224 e. The average molecular weight is 339 g/mol. The van der Waals surface area contributed by atoms with Gasteiger partial charge in [0, 0.05) is 41.5 Å². The monoisotopic (exact) mass is 339 g/mol. The van der Waals surface area contributed by atoms with E-state index in [1.54, 1.807) is 18.2 Å². The van der Waals surface area contributed by atoms with Gasteiger partial charge in [-0.05, 0) is 43.5 Å². The summed E-state index contributed by atoms with van der Waals surface area (Å²) in [6, 6.07) is 11.8. The van der Waals surface area contributed by atoms with E-state index in [0.29, 0.717) is 12.0 Å². The maximum absolute atomic E-state index is 13.7. The summed E-state index contributed by atoms with van der Waals surface area (Å²) >= 11 is 0. The standard InChI is InChI=1S/C20H22FN3O/c1-13-17-12-15(7-6-14(17)10-11-23-13)24-20(25)9-8-19(22)16-4-2-3-5-18(16)21/h2-7,12,19H,8-11,22H2,1H3,(H,24,25). The van der Waals surface area contributed by atoms with Crippen molar-refractivity contribution >= 4 is 17.3 Å². The molecule has 0 radical (unpaired) electrons. The summed E-state index contributed by atoms with van der Waals surface area (Å²) in [6.45, 7) is 2.80. The minimum atomic E-state index is -0.495. The molecule has 3 rings (SSSR count). The van der Waals surface area contributed by atoms with E-state index in [1.165, 1.54) is 11.6 Å². The Bertz CT molecular complexity index is 816. The number of nitrogens with zero attached hydrogens (tertiary/aromatic N) is 1. The molecule has 130 valence electrons. The Balaban J connectivity index is 1.59. The number of rotatable bonds is 5. The Morgan fingerprint density at radius 2 is 2.12 bits per heavy atom. The van der Waals surface area contributed by atoms with E-state index in [-0.39, 0.29) is 18.1 Å². The molecule has 1 aliphatic heterocycles. The molecule has 1 amide bonds. The SMILES string of the molecule is CC1=NCCc2ccc(NC(=O)CCC(N)c3ccccc3F)cc21. The normalized spacial score (nSPS) is 14.4. The van der Waals surface area contributed by atoms with Crippen LogP contribution in [0.5, 0.6) is 0 Å². The third kappa shape index (κ3) is 4.12. The van der Waals surface area contributed by atoms with Crippen LogP contribution < -0.4 is 11.1 Å². The van der Waals surface area contributed by atoms with Crippen LogP contribution in [-0.2, 0) is 11.2 Å². The first kappa shape index (κ1) is 17.3. The molecule has 1 unspecified atom stereocenters. The first-order valence-electron chi connectivity index (χ1n) is 8.49. The van der Waals surface area contributed by atoms with Gasteiger partial charge in [0.1, 0.15) is 5.82 Å². The Labute approximate surface area is 147 Å². The van der Waals surface area contributed by atoms with Crippen LogP contribution in [0.15, 0.2) is 47.5 Å². The van der Waals surface area contributed by atoms with Crippen LogP contribution in [-0.4, -0.2) is 18.2 Å². The highest BCUT2D eigenvalue weighted by atomic mass is 19.1. The predicted octanol–water partition coefficient (Wildman–Crippen LogP) is 3.61. The van der Waals surface area contributed by atoms with Gasteiger partial charge in [-0.1, -0.05) is 24.3 Å². The summed E-state index contributed by atoms with van der Waals surface area (Å²) in [5.74, 6) is -0.461. The van der Waals surface area contributed by atoms with Crippen molar-refractivity contribution in [2.75, 3.05) is 11.9 Å². The van der Waals surface area contributed by atoms with Crippen LogP contribution in [0.25, 0.3) is 0 Å². The predicted molar refractivity (Wildman–Crippen MR) is 98.4 cm³/mol. The van der Waals surface area contributed by atoms with Gasteiger partial charge in [-0.3, -0.25) is 9.79 Å². The Hall–Kier alpha value is -2.53. The van der Waals surface area contributed by atoms with Crippen LogP contribution in [0.2, 0.25) is 0 Å². The van der Waals surface area contributed by atoms with E-state index in [2.05, 4.69) is 10.3 Å². The zero-order chi connectivity index (χ0) is 17.8. The van der Waals surface area contributed by atoms with E-state index in [0.717, 1.165) is 29.9 Å². The lowest BCUT2D eigenvalue weighted by molar-refractivity contribution is -0.116. The molecule has 25 heavy (non-hydrogen) atoms. The molecular weight excluding hydrogens is 317 g/mol. The highest BCUT2D eigenvalue weighted by molar-refractivity contribution is 6.02. The van der Waals surface area contributed by atoms with Crippen molar-refractivity contribution in [3.63, 3.8) is 0 Å². The molecule has 3 N–H and O–H groups in total. The van der Waals surface area contributed by atoms with Crippen LogP contribution in [0.1, 0.15) is 42.5 Å². The Morgan fingerprint density at radius 1 is 1.32 bits per heavy atom. The summed E-state index contributed by atoms with van der Waals surface area (Å²) in [6.07, 6.45) is 1.55. The maximum atomic E-state index is 13.7. The Morgan fingerprint density at radius 3 is 2.92 bits per heavy atom. The lowest BCUT2D eigenvalue weighted by Crippen LogP contribution is -2.18. The van der Waals surface area contributed by atoms with Crippen LogP contribution in [0, 0.1) is 5.82 Å². The first-order chi connectivity index (χ1) is 12.0. The van der Waals surface area contributed by atoms with Crippen LogP contribution >= 0.6 is 0 Å². The van der Waals surface area contributed by atoms with E-state index in [4.69, 9.17) is 5.73 Å². The number of halogens is 1. The largest absolute Gasteiger partial charge is 0.326 e. The van der Waals surface area contributed by atoms with Crippen LogP contribution in [0.3, 0.4) is 0 Å². The van der Waals surface area contributed by atoms with Gasteiger partial charge in [-0.2, -0.15) is 0 Å². The number of carbonyl (C=O) groups is 1. The number of aliphatic imine (C=N–C) groups is 1. The number of hydrogen-bond donors (Lipinski definition) is 2.